The summed E-state index contributed by atoms with van der Waals surface area (Å²) in [6.45, 7) is 0. The molecule has 0 saturated carbocycles. The van der Waals surface area contributed by atoms with Gasteiger partial charge < -0.3 is 8.83 Å². The summed E-state index contributed by atoms with van der Waals surface area (Å²) >= 11 is 0. The van der Waals surface area contributed by atoms with Gasteiger partial charge in [-0.15, -0.1) is 0 Å². The lowest BCUT2D eigenvalue weighted by molar-refractivity contribution is 0.668. The van der Waals surface area contributed by atoms with Crippen molar-refractivity contribution >= 4 is 43.9 Å². The van der Waals surface area contributed by atoms with Gasteiger partial charge >= 0.3 is 0 Å². The summed E-state index contributed by atoms with van der Waals surface area (Å²) in [7, 11) is 0. The Morgan fingerprint density at radius 2 is 0.982 bits per heavy atom. The van der Waals surface area contributed by atoms with E-state index in [9.17, 15) is 4.11 Å². The summed E-state index contributed by atoms with van der Waals surface area (Å²) in [6, 6.07) is 46.6. The standard InChI is InChI=1S/C51H31N3O2/c1-3-13-32(14-4-1)34-17-9-19-36(29-34)39-22-12-26-45-47(39)42-28-27-38(31-46(42)55-45)50-52-49(37-20-10-18-35(30-37)33-15-5-2-6-16-33)53-51(54-50)43-24-11-23-41-40-21-7-8-25-44(40)56-48(41)43/h1-31H/i12D,22D,26D,27D,28D,31D. The molecule has 0 aliphatic heterocycles. The van der Waals surface area contributed by atoms with E-state index in [2.05, 4.69) is 0 Å². The second kappa shape index (κ2) is 13.0. The number of rotatable bonds is 6. The highest BCUT2D eigenvalue weighted by Gasteiger charge is 2.20. The number of benzene rings is 8. The van der Waals surface area contributed by atoms with E-state index in [-0.39, 0.29) is 86.8 Å². The van der Waals surface area contributed by atoms with Crippen LogP contribution in [0.1, 0.15) is 8.22 Å². The van der Waals surface area contributed by atoms with Crippen LogP contribution in [-0.2, 0) is 0 Å². The Kier molecular flexibility index (Phi) is 6.10. The molecule has 0 fully saturated rings. The summed E-state index contributed by atoms with van der Waals surface area (Å²) in [5, 5.41) is 2.11. The monoisotopic (exact) mass is 723 g/mol. The van der Waals surface area contributed by atoms with Crippen LogP contribution >= 0.6 is 0 Å². The molecule has 11 rings (SSSR count). The van der Waals surface area contributed by atoms with Crippen LogP contribution in [0, 0.1) is 0 Å². The van der Waals surface area contributed by atoms with E-state index in [1.807, 2.05) is 152 Å². The third kappa shape index (κ3) is 5.45. The molecular weight excluding hydrogens is 687 g/mol. The molecule has 5 heteroatoms. The quantitative estimate of drug-likeness (QED) is 0.171. The van der Waals surface area contributed by atoms with Crippen molar-refractivity contribution in [3.8, 4) is 67.5 Å². The van der Waals surface area contributed by atoms with Crippen LogP contribution in [0.3, 0.4) is 0 Å². The first-order valence-electron chi connectivity index (χ1n) is 21.2. The van der Waals surface area contributed by atoms with Crippen LogP contribution < -0.4 is 0 Å². The van der Waals surface area contributed by atoms with Gasteiger partial charge in [0, 0.05) is 32.7 Å². The van der Waals surface area contributed by atoms with Crippen molar-refractivity contribution in [1.82, 2.24) is 15.0 Å². The van der Waals surface area contributed by atoms with Gasteiger partial charge in [-0.05, 0) is 75.8 Å². The van der Waals surface area contributed by atoms with Crippen molar-refractivity contribution in [1.29, 1.82) is 0 Å². The van der Waals surface area contributed by atoms with Gasteiger partial charge in [-0.2, -0.15) is 0 Å². The maximum atomic E-state index is 9.68. The Hall–Kier alpha value is -7.63. The molecule has 0 spiro atoms. The summed E-state index contributed by atoms with van der Waals surface area (Å²) in [4.78, 5) is 14.8. The van der Waals surface area contributed by atoms with Crippen LogP contribution in [-0.4, -0.2) is 15.0 Å². The first-order chi connectivity index (χ1) is 30.2. The summed E-state index contributed by atoms with van der Waals surface area (Å²) in [5.74, 6) is 0.484. The largest absolute Gasteiger partial charge is 0.456 e. The Morgan fingerprint density at radius 3 is 1.77 bits per heavy atom. The Balaban J connectivity index is 1.17. The van der Waals surface area contributed by atoms with Crippen LogP contribution in [0.15, 0.2) is 197 Å². The normalized spacial score (nSPS) is 13.1. The van der Waals surface area contributed by atoms with Crippen molar-refractivity contribution in [2.75, 3.05) is 0 Å². The number of hydrogen-bond acceptors (Lipinski definition) is 5. The zero-order chi connectivity index (χ0) is 42.2. The number of fused-ring (bicyclic) bond motifs is 6. The van der Waals surface area contributed by atoms with Gasteiger partial charge in [0.05, 0.1) is 13.8 Å². The fraction of sp³-hybridized carbons (Fsp3) is 0. The fourth-order valence-corrected chi connectivity index (χ4v) is 7.39. The molecule has 56 heavy (non-hydrogen) atoms. The highest BCUT2D eigenvalue weighted by atomic mass is 16.3. The van der Waals surface area contributed by atoms with Gasteiger partial charge in [0.25, 0.3) is 0 Å². The molecule has 0 atom stereocenters. The van der Waals surface area contributed by atoms with Gasteiger partial charge in [0.1, 0.15) is 22.3 Å². The maximum absolute atomic E-state index is 9.68. The smallest absolute Gasteiger partial charge is 0.167 e. The van der Waals surface area contributed by atoms with Crippen molar-refractivity contribution in [3.63, 3.8) is 0 Å². The maximum Gasteiger partial charge on any atom is 0.167 e. The van der Waals surface area contributed by atoms with Gasteiger partial charge in [-0.1, -0.05) is 146 Å². The molecule has 3 heterocycles. The molecule has 8 aromatic carbocycles. The van der Waals surface area contributed by atoms with E-state index in [0.717, 1.165) is 33.0 Å². The Labute approximate surface area is 330 Å². The number of aromatic nitrogens is 3. The molecule has 3 aromatic heterocycles. The van der Waals surface area contributed by atoms with Crippen molar-refractivity contribution in [3.05, 3.63) is 188 Å². The SMILES string of the molecule is [2H]c1c([2H])c(-c2cccc(-c3ccccc3)c2)c2c(oc3c([2H])c(-c4nc(-c5cccc(-c6ccccc6)c5)nc(-c5cccc6c5oc5ccccc56)n4)c([2H])c([2H])c32)c1[2H]. The molecule has 0 aliphatic rings. The second-order valence-electron chi connectivity index (χ2n) is 13.5. The third-order valence-corrected chi connectivity index (χ3v) is 10.1. The zero-order valence-corrected chi connectivity index (χ0v) is 29.6. The fourth-order valence-electron chi connectivity index (χ4n) is 7.39. The van der Waals surface area contributed by atoms with Gasteiger partial charge in [-0.25, -0.2) is 15.0 Å². The molecule has 5 nitrogen and oxygen atoms in total. The highest BCUT2D eigenvalue weighted by Crippen LogP contribution is 2.40. The van der Waals surface area contributed by atoms with Crippen molar-refractivity contribution in [2.45, 2.75) is 0 Å². The number of nitrogens with zero attached hydrogens (tertiary/aromatic N) is 3. The summed E-state index contributed by atoms with van der Waals surface area (Å²) in [5.41, 5.74) is 6.89. The lowest BCUT2D eigenvalue weighted by Crippen LogP contribution is -2.00. The van der Waals surface area contributed by atoms with Crippen LogP contribution in [0.25, 0.3) is 111 Å². The van der Waals surface area contributed by atoms with Gasteiger partial charge in [-0.3, -0.25) is 0 Å². The van der Waals surface area contributed by atoms with E-state index in [1.54, 1.807) is 0 Å². The molecule has 262 valence electrons. The lowest BCUT2D eigenvalue weighted by Gasteiger charge is -2.10. The molecule has 0 N–H and O–H groups in total. The average molecular weight is 724 g/mol. The molecule has 0 radical (unpaired) electrons. The van der Waals surface area contributed by atoms with Crippen LogP contribution in [0.5, 0.6) is 0 Å². The molecule has 0 bridgehead atoms. The topological polar surface area (TPSA) is 65.0 Å². The summed E-state index contributed by atoms with van der Waals surface area (Å²) < 4.78 is 68.4. The number of para-hydroxylation sites is 2. The molecule has 0 aliphatic carbocycles. The molecule has 0 amide bonds. The lowest BCUT2D eigenvalue weighted by atomic mass is 9.96. The predicted molar refractivity (Wildman–Crippen MR) is 227 cm³/mol. The van der Waals surface area contributed by atoms with Crippen LogP contribution in [0.2, 0.25) is 0 Å². The predicted octanol–water partition coefficient (Wildman–Crippen LogP) is 13.7. The minimum absolute atomic E-state index is 0.0293. The number of furan rings is 2. The van der Waals surface area contributed by atoms with E-state index in [0.29, 0.717) is 27.9 Å². The summed E-state index contributed by atoms with van der Waals surface area (Å²) in [6.07, 6.45) is 0. The van der Waals surface area contributed by atoms with E-state index in [4.69, 9.17) is 27.9 Å². The average Bonchev–Trinajstić information content (AvgIpc) is 3.91. The zero-order valence-electron chi connectivity index (χ0n) is 35.6. The molecule has 0 saturated heterocycles. The van der Waals surface area contributed by atoms with E-state index >= 15 is 0 Å². The molecule has 11 aromatic rings. The Bertz CT molecular complexity index is 3610. The first-order valence-corrected chi connectivity index (χ1v) is 18.2. The third-order valence-electron chi connectivity index (χ3n) is 10.1. The highest BCUT2D eigenvalue weighted by molar-refractivity contribution is 6.13. The van der Waals surface area contributed by atoms with E-state index < -0.39 is 0 Å². The van der Waals surface area contributed by atoms with Gasteiger partial charge in [0.15, 0.2) is 17.5 Å². The Morgan fingerprint density at radius 1 is 0.375 bits per heavy atom. The molecule has 0 unspecified atom stereocenters. The minimum Gasteiger partial charge on any atom is -0.456 e. The van der Waals surface area contributed by atoms with Crippen LogP contribution in [0.4, 0.5) is 0 Å². The first kappa shape index (κ1) is 26.2. The molecular formula is C51H31N3O2. The van der Waals surface area contributed by atoms with Crippen molar-refractivity contribution in [2.24, 2.45) is 0 Å². The number of hydrogen-bond donors (Lipinski definition) is 0. The second-order valence-corrected chi connectivity index (χ2v) is 13.5. The van der Waals surface area contributed by atoms with Crippen molar-refractivity contribution < 1.29 is 17.1 Å². The van der Waals surface area contributed by atoms with Gasteiger partial charge in [0.2, 0.25) is 0 Å². The minimum atomic E-state index is -0.356. The van der Waals surface area contributed by atoms with E-state index in [1.165, 1.54) is 0 Å².